The summed E-state index contributed by atoms with van der Waals surface area (Å²) in [6.45, 7) is 5.39. The zero-order valence-electron chi connectivity index (χ0n) is 11.6. The number of halogens is 1. The molecule has 1 aromatic carbocycles. The number of H-pyrrole nitrogens is 1. The fraction of sp³-hybridized carbons (Fsp3) is 0.429. The van der Waals surface area contributed by atoms with Crippen molar-refractivity contribution >= 4 is 29.2 Å². The van der Waals surface area contributed by atoms with E-state index in [2.05, 4.69) is 17.1 Å². The summed E-state index contributed by atoms with van der Waals surface area (Å²) in [5.74, 6) is 0.315. The molecule has 0 radical (unpaired) electrons. The van der Waals surface area contributed by atoms with E-state index in [1.54, 1.807) is 4.90 Å². The summed E-state index contributed by atoms with van der Waals surface area (Å²) in [5.41, 5.74) is 8.45. The number of nitrogens with two attached hydrogens (primary N) is 1. The van der Waals surface area contributed by atoms with Crippen molar-refractivity contribution in [3.8, 4) is 0 Å². The summed E-state index contributed by atoms with van der Waals surface area (Å²) in [6.07, 6.45) is 0. The molecule has 5 nitrogen and oxygen atoms in total. The quantitative estimate of drug-likeness (QED) is 0.841. The normalized spacial score (nSPS) is 22.1. The van der Waals surface area contributed by atoms with Crippen molar-refractivity contribution in [2.24, 2.45) is 11.7 Å². The number of nitrogens with one attached hydrogen (secondary N) is 1. The Balaban J connectivity index is 0.00000147. The number of aromatic nitrogens is 2. The van der Waals surface area contributed by atoms with Gasteiger partial charge in [0.25, 0.3) is 5.91 Å². The van der Waals surface area contributed by atoms with Crippen LogP contribution in [0, 0.1) is 12.8 Å². The molecule has 2 aromatic rings. The molecule has 0 aliphatic carbocycles. The molecule has 2 heterocycles. The molecule has 0 saturated carbocycles. The number of carbonyl (C=O) groups excluding carboxylic acids is 1. The van der Waals surface area contributed by atoms with E-state index < -0.39 is 0 Å². The number of fused-ring (bicyclic) bond motifs is 1. The lowest BCUT2D eigenvalue weighted by Gasteiger charge is -2.14. The highest BCUT2D eigenvalue weighted by molar-refractivity contribution is 6.05. The van der Waals surface area contributed by atoms with Crippen LogP contribution in [0.5, 0.6) is 0 Å². The van der Waals surface area contributed by atoms with E-state index in [0.29, 0.717) is 24.7 Å². The molecule has 0 bridgehead atoms. The minimum Gasteiger partial charge on any atom is -0.335 e. The number of aryl methyl sites for hydroxylation is 1. The van der Waals surface area contributed by atoms with Crippen molar-refractivity contribution in [1.29, 1.82) is 0 Å². The summed E-state index contributed by atoms with van der Waals surface area (Å²) in [5, 5.41) is 8.04. The van der Waals surface area contributed by atoms with Crippen molar-refractivity contribution in [2.45, 2.75) is 19.9 Å². The van der Waals surface area contributed by atoms with Gasteiger partial charge in [0, 0.05) is 24.5 Å². The van der Waals surface area contributed by atoms with E-state index in [0.717, 1.165) is 16.5 Å². The molecule has 1 aromatic heterocycles. The summed E-state index contributed by atoms with van der Waals surface area (Å²) >= 11 is 0. The third-order valence-corrected chi connectivity index (χ3v) is 3.96. The summed E-state index contributed by atoms with van der Waals surface area (Å²) in [4.78, 5) is 14.4. The molecule has 3 N–H and O–H groups in total. The standard InChI is InChI=1S/C14H18N4O.ClH/c1-8-4-3-5-11-12(8)13(17-16-11)14(19)18-6-9(2)10(15)7-18;/h3-5,9-10H,6-7,15H2,1-2H3,(H,16,17);1H/t9-,10+;/m1./s1. The van der Waals surface area contributed by atoms with Gasteiger partial charge in [0.2, 0.25) is 0 Å². The van der Waals surface area contributed by atoms with Crippen LogP contribution in [0.2, 0.25) is 0 Å². The van der Waals surface area contributed by atoms with E-state index in [4.69, 9.17) is 5.73 Å². The van der Waals surface area contributed by atoms with Gasteiger partial charge in [0.1, 0.15) is 0 Å². The second-order valence-corrected chi connectivity index (χ2v) is 5.42. The molecule has 3 rings (SSSR count). The van der Waals surface area contributed by atoms with E-state index in [1.807, 2.05) is 25.1 Å². The molecule has 0 spiro atoms. The monoisotopic (exact) mass is 294 g/mol. The molecule has 1 fully saturated rings. The van der Waals surface area contributed by atoms with Gasteiger partial charge in [-0.2, -0.15) is 5.10 Å². The Labute approximate surface area is 123 Å². The number of amides is 1. The molecular weight excluding hydrogens is 276 g/mol. The zero-order chi connectivity index (χ0) is 13.6. The summed E-state index contributed by atoms with van der Waals surface area (Å²) in [6, 6.07) is 5.95. The number of rotatable bonds is 1. The highest BCUT2D eigenvalue weighted by Crippen LogP contribution is 2.23. The SMILES string of the molecule is Cc1cccc2[nH]nc(C(=O)N3C[C@@H](C)[C@@H](N)C3)c12.Cl. The predicted octanol–water partition coefficient (Wildman–Crippen LogP) is 1.71. The second-order valence-electron chi connectivity index (χ2n) is 5.42. The lowest BCUT2D eigenvalue weighted by atomic mass is 10.1. The van der Waals surface area contributed by atoms with Gasteiger partial charge >= 0.3 is 0 Å². The Morgan fingerprint density at radius 1 is 1.45 bits per heavy atom. The second kappa shape index (κ2) is 5.42. The van der Waals surface area contributed by atoms with Crippen LogP contribution in [0.4, 0.5) is 0 Å². The molecule has 6 heteroatoms. The van der Waals surface area contributed by atoms with Crippen LogP contribution in [0.25, 0.3) is 10.9 Å². The van der Waals surface area contributed by atoms with Gasteiger partial charge in [-0.25, -0.2) is 0 Å². The van der Waals surface area contributed by atoms with Crippen LogP contribution in [0.1, 0.15) is 23.0 Å². The highest BCUT2D eigenvalue weighted by Gasteiger charge is 2.32. The maximum atomic E-state index is 12.6. The molecule has 1 aliphatic rings. The largest absolute Gasteiger partial charge is 0.335 e. The minimum atomic E-state index is -0.0275. The summed E-state index contributed by atoms with van der Waals surface area (Å²) < 4.78 is 0. The van der Waals surface area contributed by atoms with Crippen LogP contribution >= 0.6 is 12.4 Å². The van der Waals surface area contributed by atoms with Gasteiger partial charge in [0.05, 0.1) is 5.52 Å². The van der Waals surface area contributed by atoms with Crippen molar-refractivity contribution in [3.05, 3.63) is 29.5 Å². The minimum absolute atomic E-state index is 0. The molecule has 2 atom stereocenters. The molecule has 20 heavy (non-hydrogen) atoms. The van der Waals surface area contributed by atoms with Crippen LogP contribution < -0.4 is 5.73 Å². The lowest BCUT2D eigenvalue weighted by Crippen LogP contribution is -2.32. The number of likely N-dealkylation sites (tertiary alicyclic amines) is 1. The Morgan fingerprint density at radius 2 is 2.20 bits per heavy atom. The van der Waals surface area contributed by atoms with Crippen LogP contribution in [-0.2, 0) is 0 Å². The number of hydrogen-bond acceptors (Lipinski definition) is 3. The van der Waals surface area contributed by atoms with Crippen molar-refractivity contribution in [1.82, 2.24) is 15.1 Å². The van der Waals surface area contributed by atoms with E-state index in [-0.39, 0.29) is 24.4 Å². The first-order chi connectivity index (χ1) is 9.08. The first-order valence-electron chi connectivity index (χ1n) is 6.56. The predicted molar refractivity (Wildman–Crippen MR) is 81.1 cm³/mol. The molecule has 1 saturated heterocycles. The molecule has 1 aliphatic heterocycles. The van der Waals surface area contributed by atoms with Crippen LogP contribution in [0.3, 0.4) is 0 Å². The van der Waals surface area contributed by atoms with E-state index >= 15 is 0 Å². The maximum absolute atomic E-state index is 12.6. The van der Waals surface area contributed by atoms with Gasteiger partial charge in [-0.15, -0.1) is 12.4 Å². The third-order valence-electron chi connectivity index (χ3n) is 3.96. The number of hydrogen-bond donors (Lipinski definition) is 2. The van der Waals surface area contributed by atoms with Gasteiger partial charge in [-0.05, 0) is 24.5 Å². The Bertz CT molecular complexity index is 629. The first-order valence-corrected chi connectivity index (χ1v) is 6.56. The Morgan fingerprint density at radius 3 is 2.85 bits per heavy atom. The van der Waals surface area contributed by atoms with Gasteiger partial charge in [-0.3, -0.25) is 9.89 Å². The van der Waals surface area contributed by atoms with E-state index in [1.165, 1.54) is 0 Å². The molecule has 108 valence electrons. The smallest absolute Gasteiger partial charge is 0.275 e. The van der Waals surface area contributed by atoms with Gasteiger partial charge < -0.3 is 10.6 Å². The maximum Gasteiger partial charge on any atom is 0.275 e. The fourth-order valence-corrected chi connectivity index (χ4v) is 2.71. The topological polar surface area (TPSA) is 75.0 Å². The molecule has 0 unspecified atom stereocenters. The van der Waals surface area contributed by atoms with E-state index in [9.17, 15) is 4.79 Å². The number of benzene rings is 1. The lowest BCUT2D eigenvalue weighted by molar-refractivity contribution is 0.0783. The third kappa shape index (κ3) is 2.27. The fourth-order valence-electron chi connectivity index (χ4n) is 2.71. The van der Waals surface area contributed by atoms with Crippen LogP contribution in [-0.4, -0.2) is 40.1 Å². The van der Waals surface area contributed by atoms with Gasteiger partial charge in [-0.1, -0.05) is 19.1 Å². The number of aromatic amines is 1. The average molecular weight is 295 g/mol. The average Bonchev–Trinajstić information content (AvgIpc) is 2.94. The Hall–Kier alpha value is -1.59. The van der Waals surface area contributed by atoms with Crippen molar-refractivity contribution in [3.63, 3.8) is 0 Å². The highest BCUT2D eigenvalue weighted by atomic mass is 35.5. The van der Waals surface area contributed by atoms with Crippen molar-refractivity contribution < 1.29 is 4.79 Å². The number of nitrogens with zero attached hydrogens (tertiary/aromatic N) is 2. The first kappa shape index (κ1) is 14.8. The zero-order valence-corrected chi connectivity index (χ0v) is 12.4. The number of carbonyl (C=O) groups is 1. The molecule has 1 amide bonds. The van der Waals surface area contributed by atoms with Crippen molar-refractivity contribution in [2.75, 3.05) is 13.1 Å². The van der Waals surface area contributed by atoms with Crippen LogP contribution in [0.15, 0.2) is 18.2 Å². The Kier molecular flexibility index (Phi) is 4.01. The molecular formula is C14H19ClN4O. The summed E-state index contributed by atoms with van der Waals surface area (Å²) in [7, 11) is 0. The van der Waals surface area contributed by atoms with Gasteiger partial charge in [0.15, 0.2) is 5.69 Å².